The lowest BCUT2D eigenvalue weighted by Gasteiger charge is -2.38. The molecular formula is C14H27N3O4. The van der Waals surface area contributed by atoms with Crippen LogP contribution in [0.3, 0.4) is 0 Å². The van der Waals surface area contributed by atoms with Crippen LogP contribution in [0.25, 0.3) is 0 Å². The number of carboxylic acid groups (broad SMARTS) is 1. The maximum atomic E-state index is 11.9. The number of hydrogen-bond acceptors (Lipinski definition) is 3. The summed E-state index contributed by atoms with van der Waals surface area (Å²) in [6.45, 7) is 10.4. The zero-order chi connectivity index (χ0) is 16.8. The number of aliphatic carboxylic acids is 1. The summed E-state index contributed by atoms with van der Waals surface area (Å²) >= 11 is 0. The number of hydrogen-bond donors (Lipinski definition) is 4. The van der Waals surface area contributed by atoms with Crippen LogP contribution in [0.15, 0.2) is 0 Å². The average molecular weight is 301 g/mol. The number of carbonyl (C=O) groups is 3. The predicted molar refractivity (Wildman–Crippen MR) is 79.9 cm³/mol. The molecule has 0 radical (unpaired) electrons. The van der Waals surface area contributed by atoms with Gasteiger partial charge in [0.15, 0.2) is 0 Å². The fraction of sp³-hybridized carbons (Fsp3) is 0.786. The Hall–Kier alpha value is -1.79. The smallest absolute Gasteiger partial charge is 0.315 e. The van der Waals surface area contributed by atoms with E-state index in [0.29, 0.717) is 6.54 Å². The van der Waals surface area contributed by atoms with Gasteiger partial charge in [-0.1, -0.05) is 6.92 Å². The topological polar surface area (TPSA) is 108 Å². The van der Waals surface area contributed by atoms with Gasteiger partial charge in [-0.2, -0.15) is 0 Å². The van der Waals surface area contributed by atoms with Crippen molar-refractivity contribution < 1.29 is 19.5 Å². The van der Waals surface area contributed by atoms with Gasteiger partial charge in [-0.3, -0.25) is 9.59 Å². The molecule has 0 spiro atoms. The van der Waals surface area contributed by atoms with Crippen LogP contribution < -0.4 is 16.0 Å². The van der Waals surface area contributed by atoms with Crippen molar-refractivity contribution in [3.05, 3.63) is 0 Å². The van der Waals surface area contributed by atoms with Gasteiger partial charge in [-0.05, 0) is 41.0 Å². The maximum absolute atomic E-state index is 11.9. The van der Waals surface area contributed by atoms with E-state index in [1.807, 2.05) is 6.92 Å². The van der Waals surface area contributed by atoms with E-state index >= 15 is 0 Å². The molecule has 0 aromatic heterocycles. The molecule has 3 amide bonds. The maximum Gasteiger partial charge on any atom is 0.315 e. The van der Waals surface area contributed by atoms with Crippen LogP contribution in [0.1, 0.15) is 48.0 Å². The number of rotatable bonds is 7. The van der Waals surface area contributed by atoms with Crippen LogP contribution in [0.4, 0.5) is 4.79 Å². The SMILES string of the molecule is CCCNC(=O)C(C)NC(=O)NC(C)(C)C(C)(C)C(=O)O. The Kier molecular flexibility index (Phi) is 6.66. The third-order valence-electron chi connectivity index (χ3n) is 3.81. The van der Waals surface area contributed by atoms with Crippen molar-refractivity contribution in [2.75, 3.05) is 6.54 Å². The summed E-state index contributed by atoms with van der Waals surface area (Å²) < 4.78 is 0. The van der Waals surface area contributed by atoms with E-state index in [-0.39, 0.29) is 5.91 Å². The molecule has 0 aromatic rings. The van der Waals surface area contributed by atoms with Crippen molar-refractivity contribution in [2.24, 2.45) is 5.41 Å². The normalized spacial score (nSPS) is 13.2. The molecule has 1 unspecified atom stereocenters. The van der Waals surface area contributed by atoms with Crippen molar-refractivity contribution in [3.63, 3.8) is 0 Å². The first-order chi connectivity index (χ1) is 9.45. The predicted octanol–water partition coefficient (Wildman–Crippen LogP) is 1.09. The molecule has 122 valence electrons. The van der Waals surface area contributed by atoms with Crippen LogP contribution in [0.2, 0.25) is 0 Å². The van der Waals surface area contributed by atoms with Gasteiger partial charge in [0.1, 0.15) is 6.04 Å². The fourth-order valence-corrected chi connectivity index (χ4v) is 1.41. The zero-order valence-corrected chi connectivity index (χ0v) is 13.7. The lowest BCUT2D eigenvalue weighted by Crippen LogP contribution is -2.60. The van der Waals surface area contributed by atoms with Gasteiger partial charge < -0.3 is 21.1 Å². The number of amides is 3. The highest BCUT2D eigenvalue weighted by molar-refractivity contribution is 5.87. The van der Waals surface area contributed by atoms with E-state index in [0.717, 1.165) is 6.42 Å². The Balaban J connectivity index is 4.63. The molecule has 0 saturated carbocycles. The minimum absolute atomic E-state index is 0.276. The molecule has 7 nitrogen and oxygen atoms in total. The Morgan fingerprint density at radius 3 is 2.10 bits per heavy atom. The molecule has 0 saturated heterocycles. The van der Waals surface area contributed by atoms with Crippen molar-refractivity contribution in [1.29, 1.82) is 0 Å². The highest BCUT2D eigenvalue weighted by Crippen LogP contribution is 2.30. The molecule has 1 atom stereocenters. The second kappa shape index (κ2) is 7.28. The zero-order valence-electron chi connectivity index (χ0n) is 13.7. The third kappa shape index (κ3) is 5.24. The number of carbonyl (C=O) groups excluding carboxylic acids is 2. The van der Waals surface area contributed by atoms with Gasteiger partial charge in [-0.15, -0.1) is 0 Å². The van der Waals surface area contributed by atoms with Gasteiger partial charge >= 0.3 is 12.0 Å². The molecule has 21 heavy (non-hydrogen) atoms. The highest BCUT2D eigenvalue weighted by Gasteiger charge is 2.44. The molecule has 0 aliphatic heterocycles. The van der Waals surface area contributed by atoms with E-state index in [4.69, 9.17) is 0 Å². The van der Waals surface area contributed by atoms with Gasteiger partial charge in [0.25, 0.3) is 0 Å². The van der Waals surface area contributed by atoms with Crippen LogP contribution in [0.5, 0.6) is 0 Å². The summed E-state index contributed by atoms with van der Waals surface area (Å²) in [7, 11) is 0. The second-order valence-corrected chi connectivity index (χ2v) is 6.17. The minimum atomic E-state index is -1.15. The van der Waals surface area contributed by atoms with Crippen molar-refractivity contribution in [1.82, 2.24) is 16.0 Å². The monoisotopic (exact) mass is 301 g/mol. The summed E-state index contributed by atoms with van der Waals surface area (Å²) in [4.78, 5) is 34.8. The van der Waals surface area contributed by atoms with Crippen LogP contribution in [-0.2, 0) is 9.59 Å². The number of carboxylic acids is 1. The number of nitrogens with one attached hydrogen (secondary N) is 3. The molecule has 0 aliphatic carbocycles. The fourth-order valence-electron chi connectivity index (χ4n) is 1.41. The molecule has 0 rings (SSSR count). The Morgan fingerprint density at radius 1 is 1.14 bits per heavy atom. The van der Waals surface area contributed by atoms with E-state index in [1.165, 1.54) is 13.8 Å². The van der Waals surface area contributed by atoms with Crippen LogP contribution >= 0.6 is 0 Å². The average Bonchev–Trinajstić information content (AvgIpc) is 2.34. The lowest BCUT2D eigenvalue weighted by molar-refractivity contribution is -0.150. The summed E-state index contributed by atoms with van der Waals surface area (Å²) in [5.74, 6) is -1.29. The molecule has 0 aromatic carbocycles. The number of urea groups is 1. The molecule has 7 heteroatoms. The van der Waals surface area contributed by atoms with Gasteiger partial charge in [-0.25, -0.2) is 4.79 Å². The minimum Gasteiger partial charge on any atom is -0.481 e. The molecule has 0 bridgehead atoms. The van der Waals surface area contributed by atoms with Crippen LogP contribution in [-0.4, -0.2) is 41.1 Å². The van der Waals surface area contributed by atoms with Crippen molar-refractivity contribution in [3.8, 4) is 0 Å². The summed E-state index contributed by atoms with van der Waals surface area (Å²) in [6, 6.07) is -1.27. The largest absolute Gasteiger partial charge is 0.481 e. The van der Waals surface area contributed by atoms with E-state index in [9.17, 15) is 19.5 Å². The second-order valence-electron chi connectivity index (χ2n) is 6.17. The summed E-state index contributed by atoms with van der Waals surface area (Å²) in [5, 5.41) is 17.0. The standard InChI is InChI=1S/C14H27N3O4/c1-7-8-15-10(18)9(2)16-12(21)17-14(5,6)13(3,4)11(19)20/h9H,7-8H2,1-6H3,(H,15,18)(H,19,20)(H2,16,17,21). The first-order valence-corrected chi connectivity index (χ1v) is 7.05. The lowest BCUT2D eigenvalue weighted by atomic mass is 9.74. The van der Waals surface area contributed by atoms with E-state index in [2.05, 4.69) is 16.0 Å². The first kappa shape index (κ1) is 19.2. The Bertz CT molecular complexity index is 405. The third-order valence-corrected chi connectivity index (χ3v) is 3.81. The Morgan fingerprint density at radius 2 is 1.67 bits per heavy atom. The quantitative estimate of drug-likeness (QED) is 0.564. The molecule has 0 aliphatic rings. The van der Waals surface area contributed by atoms with E-state index < -0.39 is 29.0 Å². The van der Waals surface area contributed by atoms with Crippen LogP contribution in [0, 0.1) is 5.41 Å². The molecule has 0 heterocycles. The molecule has 0 fully saturated rings. The summed E-state index contributed by atoms with van der Waals surface area (Å²) in [5.41, 5.74) is -2.14. The molecule has 4 N–H and O–H groups in total. The van der Waals surface area contributed by atoms with Gasteiger partial charge in [0.05, 0.1) is 11.0 Å². The van der Waals surface area contributed by atoms with Crippen molar-refractivity contribution >= 4 is 17.9 Å². The first-order valence-electron chi connectivity index (χ1n) is 7.05. The van der Waals surface area contributed by atoms with Gasteiger partial charge in [0.2, 0.25) is 5.91 Å². The van der Waals surface area contributed by atoms with Crippen molar-refractivity contribution in [2.45, 2.75) is 59.5 Å². The molecular weight excluding hydrogens is 274 g/mol. The van der Waals surface area contributed by atoms with Gasteiger partial charge in [0, 0.05) is 6.54 Å². The highest BCUT2D eigenvalue weighted by atomic mass is 16.4. The Labute approximate surface area is 125 Å². The summed E-state index contributed by atoms with van der Waals surface area (Å²) in [6.07, 6.45) is 0.810. The van der Waals surface area contributed by atoms with E-state index in [1.54, 1.807) is 20.8 Å².